The zero-order valence-electron chi connectivity index (χ0n) is 5.69. The lowest BCUT2D eigenvalue weighted by Gasteiger charge is -1.85. The summed E-state index contributed by atoms with van der Waals surface area (Å²) in [5.74, 6) is 0. The van der Waals surface area contributed by atoms with E-state index in [1.807, 2.05) is 0 Å². The first kappa shape index (κ1) is 7.06. The van der Waals surface area contributed by atoms with Crippen LogP contribution < -0.4 is 21.2 Å². The van der Waals surface area contributed by atoms with E-state index in [-0.39, 0.29) is 0 Å². The molecule has 1 aromatic carbocycles. The second kappa shape index (κ2) is 3.20. The molecule has 0 spiro atoms. The van der Waals surface area contributed by atoms with Gasteiger partial charge in [0, 0.05) is 0 Å². The molecule has 0 bridgehead atoms. The molecule has 0 aliphatic rings. The Morgan fingerprint density at radius 3 is 2.11 bits per heavy atom. The minimum atomic E-state index is 0.297. The Hall–Kier alpha value is -0.0500. The fourth-order valence-corrected chi connectivity index (χ4v) is 1.74. The van der Waals surface area contributed by atoms with E-state index >= 15 is 0 Å². The van der Waals surface area contributed by atoms with Crippen molar-refractivity contribution in [3.05, 3.63) is 33.4 Å². The lowest BCUT2D eigenvalue weighted by molar-refractivity contribution is -0.597. The highest BCUT2D eigenvalue weighted by Crippen LogP contribution is 1.92. The number of halogens is 1. The number of benzene rings is 1. The van der Waals surface area contributed by atoms with E-state index < -0.39 is 0 Å². The molecule has 1 heteroatoms. The van der Waals surface area contributed by atoms with E-state index in [1.54, 1.807) is 0 Å². The highest BCUT2D eigenvalue weighted by Gasteiger charge is 2.00. The quantitative estimate of drug-likeness (QED) is 0.426. The van der Waals surface area contributed by atoms with Crippen molar-refractivity contribution >= 4 is 0 Å². The smallest absolute Gasteiger partial charge is 0.0548 e. The van der Waals surface area contributed by atoms with E-state index in [0.29, 0.717) is 21.2 Å². The number of aryl methyl sites for hydroxylation is 1. The molecule has 0 aromatic heterocycles. The molecule has 48 valence electrons. The molecule has 0 atom stereocenters. The molecular weight excluding hydrogens is 223 g/mol. The van der Waals surface area contributed by atoms with Crippen LogP contribution in [0, 0.1) is 10.5 Å². The van der Waals surface area contributed by atoms with Crippen molar-refractivity contribution < 1.29 is 21.2 Å². The summed E-state index contributed by atoms with van der Waals surface area (Å²) in [6, 6.07) is 8.81. The first-order valence-corrected chi connectivity index (χ1v) is 6.12. The molecule has 0 heterocycles. The molecule has 0 amide bonds. The van der Waals surface area contributed by atoms with Crippen molar-refractivity contribution in [3.8, 4) is 0 Å². The van der Waals surface area contributed by atoms with Crippen molar-refractivity contribution in [2.75, 3.05) is 4.93 Å². The zero-order valence-corrected chi connectivity index (χ0v) is 7.84. The number of hydrogen-bond acceptors (Lipinski definition) is 0. The third-order valence-electron chi connectivity index (χ3n) is 1.23. The van der Waals surface area contributed by atoms with Crippen LogP contribution in [-0.4, -0.2) is 4.93 Å². The minimum absolute atomic E-state index is 0.297. The van der Waals surface area contributed by atoms with Crippen molar-refractivity contribution in [2.24, 2.45) is 0 Å². The average Bonchev–Trinajstić information content (AvgIpc) is 1.90. The summed E-state index contributed by atoms with van der Waals surface area (Å²) in [6.45, 7) is 2.12. The van der Waals surface area contributed by atoms with Crippen LogP contribution in [0.2, 0.25) is 0 Å². The molecule has 1 aromatic rings. The predicted octanol–water partition coefficient (Wildman–Crippen LogP) is -1.12. The van der Waals surface area contributed by atoms with Crippen LogP contribution >= 0.6 is 0 Å². The van der Waals surface area contributed by atoms with Gasteiger partial charge in [-0.05, 0) is 19.1 Å². The minimum Gasteiger partial charge on any atom is -0.0548 e. The number of hydrogen-bond donors (Lipinski definition) is 0. The normalized spacial score (nSPS) is 9.56. The van der Waals surface area contributed by atoms with Gasteiger partial charge in [0.25, 0.3) is 0 Å². The second-order valence-corrected chi connectivity index (χ2v) is 4.31. The summed E-state index contributed by atoms with van der Waals surface area (Å²) in [6.07, 6.45) is 0. The second-order valence-electron chi connectivity index (χ2n) is 1.98. The molecule has 0 fully saturated rings. The fourth-order valence-electron chi connectivity index (χ4n) is 0.659. The fraction of sp³-hybridized carbons (Fsp3) is 0.250. The molecule has 0 nitrogen and oxygen atoms in total. The van der Waals surface area contributed by atoms with Gasteiger partial charge in [0.2, 0.25) is 0 Å². The highest BCUT2D eigenvalue weighted by atomic mass is 127. The molecule has 1 rings (SSSR count). The van der Waals surface area contributed by atoms with E-state index in [9.17, 15) is 0 Å². The maximum Gasteiger partial charge on any atom is 0.309 e. The first-order valence-electron chi connectivity index (χ1n) is 2.89. The Balaban J connectivity index is 2.88. The van der Waals surface area contributed by atoms with Crippen molar-refractivity contribution in [1.82, 2.24) is 0 Å². The van der Waals surface area contributed by atoms with Crippen molar-refractivity contribution in [1.29, 1.82) is 0 Å². The van der Waals surface area contributed by atoms with Gasteiger partial charge in [-0.3, -0.25) is 0 Å². The summed E-state index contributed by atoms with van der Waals surface area (Å²) in [7, 11) is 0. The van der Waals surface area contributed by atoms with E-state index in [0.717, 1.165) is 0 Å². The van der Waals surface area contributed by atoms with Gasteiger partial charge in [0.1, 0.15) is 4.93 Å². The summed E-state index contributed by atoms with van der Waals surface area (Å²) in [4.78, 5) is 2.28. The van der Waals surface area contributed by atoms with Gasteiger partial charge in [0.15, 0.2) is 3.57 Å². The lowest BCUT2D eigenvalue weighted by atomic mass is 10.2. The van der Waals surface area contributed by atoms with Crippen LogP contribution in [0.1, 0.15) is 5.56 Å². The van der Waals surface area contributed by atoms with Crippen LogP contribution in [0.15, 0.2) is 24.3 Å². The van der Waals surface area contributed by atoms with Crippen LogP contribution in [0.4, 0.5) is 0 Å². The lowest BCUT2D eigenvalue weighted by Crippen LogP contribution is -3.60. The molecular formula is C8H10I+. The molecule has 0 saturated carbocycles. The summed E-state index contributed by atoms with van der Waals surface area (Å²) in [5, 5.41) is 0. The third-order valence-corrected chi connectivity index (χ3v) is 3.19. The standard InChI is InChI=1S/C8H10I/c1-7-3-5-8(9-2)6-4-7/h3-6H,1-2H3/q+1. The van der Waals surface area contributed by atoms with E-state index in [4.69, 9.17) is 0 Å². The van der Waals surface area contributed by atoms with Crippen LogP contribution in [0.3, 0.4) is 0 Å². The highest BCUT2D eigenvalue weighted by molar-refractivity contribution is 5.11. The summed E-state index contributed by atoms with van der Waals surface area (Å²) in [5.41, 5.74) is 1.36. The van der Waals surface area contributed by atoms with Gasteiger partial charge in [-0.2, -0.15) is 0 Å². The monoisotopic (exact) mass is 233 g/mol. The molecule has 0 aliphatic carbocycles. The van der Waals surface area contributed by atoms with Gasteiger partial charge >= 0.3 is 21.2 Å². The van der Waals surface area contributed by atoms with Gasteiger partial charge < -0.3 is 0 Å². The molecule has 9 heavy (non-hydrogen) atoms. The van der Waals surface area contributed by atoms with E-state index in [1.165, 1.54) is 9.13 Å². The topological polar surface area (TPSA) is 0 Å². The first-order chi connectivity index (χ1) is 4.33. The molecule has 0 aliphatic heterocycles. The average molecular weight is 233 g/mol. The number of rotatable bonds is 1. The SMILES string of the molecule is C[I+]c1ccc(C)cc1. The third kappa shape index (κ3) is 1.97. The maximum absolute atomic E-state index is 2.28. The van der Waals surface area contributed by atoms with Gasteiger partial charge in [-0.15, -0.1) is 0 Å². The predicted molar refractivity (Wildman–Crippen MR) is 35.8 cm³/mol. The van der Waals surface area contributed by atoms with Crippen LogP contribution in [0.25, 0.3) is 0 Å². The molecule has 0 N–H and O–H groups in total. The van der Waals surface area contributed by atoms with Crippen molar-refractivity contribution in [2.45, 2.75) is 6.92 Å². The van der Waals surface area contributed by atoms with E-state index in [2.05, 4.69) is 36.1 Å². The summed E-state index contributed by atoms with van der Waals surface area (Å²) < 4.78 is 1.53. The van der Waals surface area contributed by atoms with Gasteiger partial charge in [-0.25, -0.2) is 0 Å². The van der Waals surface area contributed by atoms with Crippen LogP contribution in [-0.2, 0) is 0 Å². The molecule has 0 radical (unpaired) electrons. The Morgan fingerprint density at radius 2 is 1.67 bits per heavy atom. The molecule has 0 saturated heterocycles. The Labute approximate surface area is 66.5 Å². The Bertz CT molecular complexity index is 176. The van der Waals surface area contributed by atoms with Gasteiger partial charge in [0.05, 0.1) is 0 Å². The Morgan fingerprint density at radius 1 is 1.11 bits per heavy atom. The largest absolute Gasteiger partial charge is 0.309 e. The van der Waals surface area contributed by atoms with Gasteiger partial charge in [-0.1, -0.05) is 17.7 Å². The summed E-state index contributed by atoms with van der Waals surface area (Å²) >= 11 is 0.297. The zero-order chi connectivity index (χ0) is 6.69. The number of alkyl halides is 1. The Kier molecular flexibility index (Phi) is 2.51. The van der Waals surface area contributed by atoms with Crippen molar-refractivity contribution in [3.63, 3.8) is 0 Å². The maximum atomic E-state index is 2.28. The molecule has 0 unspecified atom stereocenters. The van der Waals surface area contributed by atoms with Crippen LogP contribution in [0.5, 0.6) is 0 Å².